The third kappa shape index (κ3) is 2.85. The molecular formula is C21H23N5O. The van der Waals surface area contributed by atoms with Crippen molar-refractivity contribution in [2.45, 2.75) is 44.6 Å². The number of carbonyl (C=O) groups is 1. The van der Waals surface area contributed by atoms with Gasteiger partial charge in [-0.05, 0) is 43.1 Å². The molecule has 0 spiro atoms. The number of nitrogens with zero attached hydrogens (tertiary/aromatic N) is 3. The third-order valence-electron chi connectivity index (χ3n) is 5.91. The van der Waals surface area contributed by atoms with Crippen molar-refractivity contribution in [3.63, 3.8) is 0 Å². The first kappa shape index (κ1) is 16.3. The molecule has 27 heavy (non-hydrogen) atoms. The Morgan fingerprint density at radius 2 is 2.22 bits per heavy atom. The molecule has 0 radical (unpaired) electrons. The Hall–Kier alpha value is -2.89. The maximum absolute atomic E-state index is 12.8. The zero-order chi connectivity index (χ0) is 18.4. The summed E-state index contributed by atoms with van der Waals surface area (Å²) in [6.45, 7) is 2.14. The number of amides is 1. The first-order valence-corrected chi connectivity index (χ1v) is 9.72. The summed E-state index contributed by atoms with van der Waals surface area (Å²) in [7, 11) is 0. The van der Waals surface area contributed by atoms with Gasteiger partial charge >= 0.3 is 0 Å². The number of H-pyrrole nitrogens is 1. The van der Waals surface area contributed by atoms with Crippen LogP contribution in [0.5, 0.6) is 0 Å². The number of aryl methyl sites for hydroxylation is 1. The van der Waals surface area contributed by atoms with Crippen molar-refractivity contribution in [2.75, 3.05) is 5.32 Å². The predicted molar refractivity (Wildman–Crippen MR) is 103 cm³/mol. The molecule has 2 aromatic heterocycles. The number of hydrogen-bond acceptors (Lipinski definition) is 3. The minimum Gasteiger partial charge on any atom is -0.318 e. The Kier molecular flexibility index (Phi) is 3.85. The molecule has 1 amide bonds. The second-order valence-corrected chi connectivity index (χ2v) is 7.60. The molecule has 0 bridgehead atoms. The van der Waals surface area contributed by atoms with Crippen LogP contribution in [0.1, 0.15) is 65.5 Å². The van der Waals surface area contributed by atoms with Crippen LogP contribution in [-0.4, -0.2) is 25.9 Å². The van der Waals surface area contributed by atoms with Gasteiger partial charge < -0.3 is 5.32 Å². The van der Waals surface area contributed by atoms with E-state index in [1.165, 1.54) is 18.4 Å². The number of benzene rings is 1. The third-order valence-corrected chi connectivity index (χ3v) is 5.91. The van der Waals surface area contributed by atoms with Gasteiger partial charge in [0.2, 0.25) is 0 Å². The summed E-state index contributed by atoms with van der Waals surface area (Å²) >= 11 is 0. The van der Waals surface area contributed by atoms with E-state index in [0.717, 1.165) is 30.0 Å². The lowest BCUT2D eigenvalue weighted by Crippen LogP contribution is -2.15. The average Bonchev–Trinajstić information content (AvgIpc) is 3.13. The van der Waals surface area contributed by atoms with E-state index in [9.17, 15) is 4.79 Å². The number of hydrogen-bond donors (Lipinski definition) is 2. The smallest absolute Gasteiger partial charge is 0.276 e. The second kappa shape index (κ2) is 6.37. The molecule has 1 fully saturated rings. The van der Waals surface area contributed by atoms with E-state index in [4.69, 9.17) is 0 Å². The molecule has 0 aliphatic heterocycles. The first-order valence-electron chi connectivity index (χ1n) is 9.72. The molecule has 2 N–H and O–H groups in total. The summed E-state index contributed by atoms with van der Waals surface area (Å²) in [6, 6.07) is 10.5. The summed E-state index contributed by atoms with van der Waals surface area (Å²) < 4.78 is 1.92. The van der Waals surface area contributed by atoms with Crippen molar-refractivity contribution >= 4 is 11.6 Å². The van der Waals surface area contributed by atoms with Crippen LogP contribution >= 0.6 is 0 Å². The zero-order valence-electron chi connectivity index (χ0n) is 15.4. The zero-order valence-corrected chi connectivity index (χ0v) is 15.4. The van der Waals surface area contributed by atoms with Crippen LogP contribution in [-0.2, 0) is 6.42 Å². The highest BCUT2D eigenvalue weighted by atomic mass is 16.2. The number of carbonyl (C=O) groups excluding carboxylic acids is 1. The quantitative estimate of drug-likeness (QED) is 0.723. The van der Waals surface area contributed by atoms with E-state index in [1.807, 2.05) is 29.1 Å². The molecule has 2 aliphatic rings. The van der Waals surface area contributed by atoms with E-state index < -0.39 is 0 Å². The lowest BCUT2D eigenvalue weighted by Gasteiger charge is -2.15. The fourth-order valence-corrected chi connectivity index (χ4v) is 4.41. The normalized spacial score (nSPS) is 21.2. The number of anilines is 1. The van der Waals surface area contributed by atoms with Crippen molar-refractivity contribution in [1.29, 1.82) is 0 Å². The minimum absolute atomic E-state index is 0.146. The van der Waals surface area contributed by atoms with Crippen molar-refractivity contribution in [1.82, 2.24) is 20.0 Å². The van der Waals surface area contributed by atoms with Gasteiger partial charge in [0.15, 0.2) is 5.69 Å². The molecule has 5 rings (SSSR count). The molecule has 6 nitrogen and oxygen atoms in total. The highest BCUT2D eigenvalue weighted by Crippen LogP contribution is 2.55. The first-order chi connectivity index (χ1) is 13.2. The Morgan fingerprint density at radius 1 is 1.37 bits per heavy atom. The van der Waals surface area contributed by atoms with Gasteiger partial charge in [-0.3, -0.25) is 14.6 Å². The van der Waals surface area contributed by atoms with Gasteiger partial charge in [0.05, 0.1) is 17.9 Å². The summed E-state index contributed by atoms with van der Waals surface area (Å²) in [4.78, 5) is 12.8. The van der Waals surface area contributed by atoms with Gasteiger partial charge in [0.1, 0.15) is 0 Å². The molecule has 1 saturated carbocycles. The van der Waals surface area contributed by atoms with Crippen molar-refractivity contribution in [2.24, 2.45) is 5.92 Å². The van der Waals surface area contributed by atoms with Gasteiger partial charge in [0, 0.05) is 17.5 Å². The lowest BCUT2D eigenvalue weighted by atomic mass is 9.95. The number of rotatable bonds is 5. The molecule has 138 valence electrons. The molecule has 3 aromatic rings. The molecule has 0 saturated heterocycles. The van der Waals surface area contributed by atoms with E-state index >= 15 is 0 Å². The van der Waals surface area contributed by atoms with E-state index in [1.54, 1.807) is 6.20 Å². The molecule has 6 heteroatoms. The lowest BCUT2D eigenvalue weighted by molar-refractivity contribution is 0.102. The maximum atomic E-state index is 12.8. The Labute approximate surface area is 158 Å². The van der Waals surface area contributed by atoms with Crippen LogP contribution in [0.2, 0.25) is 0 Å². The van der Waals surface area contributed by atoms with Crippen LogP contribution < -0.4 is 5.32 Å². The fourth-order valence-electron chi connectivity index (χ4n) is 4.41. The van der Waals surface area contributed by atoms with Crippen LogP contribution in [0.25, 0.3) is 0 Å². The van der Waals surface area contributed by atoms with Gasteiger partial charge in [-0.15, -0.1) is 0 Å². The van der Waals surface area contributed by atoms with Crippen LogP contribution in [0.15, 0.2) is 42.7 Å². The highest BCUT2D eigenvalue weighted by Gasteiger charge is 2.45. The predicted octanol–water partition coefficient (Wildman–Crippen LogP) is 3.91. The van der Waals surface area contributed by atoms with Crippen LogP contribution in [0.3, 0.4) is 0 Å². The van der Waals surface area contributed by atoms with Crippen molar-refractivity contribution in [3.8, 4) is 0 Å². The highest BCUT2D eigenvalue weighted by molar-refractivity contribution is 6.04. The number of aromatic nitrogens is 4. The summed E-state index contributed by atoms with van der Waals surface area (Å²) in [5.41, 5.74) is 4.76. The van der Waals surface area contributed by atoms with Crippen molar-refractivity contribution < 1.29 is 4.79 Å². The Morgan fingerprint density at radius 3 is 3.04 bits per heavy atom. The van der Waals surface area contributed by atoms with Crippen LogP contribution in [0, 0.1) is 5.92 Å². The van der Waals surface area contributed by atoms with Gasteiger partial charge in [-0.2, -0.15) is 10.2 Å². The molecule has 3 unspecified atom stereocenters. The van der Waals surface area contributed by atoms with E-state index in [-0.39, 0.29) is 11.9 Å². The maximum Gasteiger partial charge on any atom is 0.276 e. The van der Waals surface area contributed by atoms with Gasteiger partial charge in [-0.25, -0.2) is 0 Å². The largest absolute Gasteiger partial charge is 0.318 e. The number of aromatic amines is 1. The number of fused-ring (bicyclic) bond motifs is 3. The number of nitrogens with one attached hydrogen (secondary N) is 2. The monoisotopic (exact) mass is 361 g/mol. The van der Waals surface area contributed by atoms with Gasteiger partial charge in [-0.1, -0.05) is 37.3 Å². The Balaban J connectivity index is 1.35. The summed E-state index contributed by atoms with van der Waals surface area (Å²) in [6.07, 6.45) is 7.95. The van der Waals surface area contributed by atoms with E-state index in [2.05, 4.69) is 39.7 Å². The topological polar surface area (TPSA) is 75.6 Å². The SMILES string of the molecule is CCC(c1ccccc1)n1cc(NC(=O)c2n[nH]c3c2C2CC2CC3)cn1. The Bertz CT molecular complexity index is 974. The summed E-state index contributed by atoms with van der Waals surface area (Å²) in [5.74, 6) is 1.13. The molecule has 2 heterocycles. The van der Waals surface area contributed by atoms with Crippen LogP contribution in [0.4, 0.5) is 5.69 Å². The molecule has 2 aliphatic carbocycles. The summed E-state index contributed by atoms with van der Waals surface area (Å²) in [5, 5.41) is 14.8. The fraction of sp³-hybridized carbons (Fsp3) is 0.381. The average molecular weight is 361 g/mol. The molecular weight excluding hydrogens is 338 g/mol. The molecule has 3 atom stereocenters. The van der Waals surface area contributed by atoms with E-state index in [0.29, 0.717) is 17.3 Å². The minimum atomic E-state index is -0.146. The second-order valence-electron chi connectivity index (χ2n) is 7.60. The molecule has 1 aromatic carbocycles. The standard InChI is InChI=1S/C21H23N5O/c1-2-18(13-6-4-3-5-7-13)26-12-15(11-22-26)23-21(27)20-19-16-10-14(16)8-9-17(19)24-25-20/h3-7,11-12,14,16,18H,2,8-10H2,1H3,(H,23,27)(H,24,25). The van der Waals surface area contributed by atoms with Gasteiger partial charge in [0.25, 0.3) is 5.91 Å². The van der Waals surface area contributed by atoms with Crippen molar-refractivity contribution in [3.05, 3.63) is 65.2 Å².